The van der Waals surface area contributed by atoms with Gasteiger partial charge in [0.2, 0.25) is 5.95 Å². The first kappa shape index (κ1) is 17.0. The van der Waals surface area contributed by atoms with Gasteiger partial charge in [-0.3, -0.25) is 0 Å². The van der Waals surface area contributed by atoms with E-state index in [0.717, 1.165) is 31.2 Å². The second-order valence-electron chi connectivity index (χ2n) is 6.08. The number of methoxy groups -OCH3 is 1. The molecule has 5 nitrogen and oxygen atoms in total. The Balaban J connectivity index is 2.87. The summed E-state index contributed by atoms with van der Waals surface area (Å²) in [5.41, 5.74) is 1.05. The molecule has 1 N–H and O–H groups in total. The maximum Gasteiger partial charge on any atom is 0.203 e. The molecule has 1 aromatic rings. The molecule has 0 aliphatic carbocycles. The molecule has 1 aromatic heterocycles. The first-order valence-electron chi connectivity index (χ1n) is 7.37. The fourth-order valence-electron chi connectivity index (χ4n) is 2.43. The summed E-state index contributed by atoms with van der Waals surface area (Å²) in [5, 5.41) is 3.37. The highest BCUT2D eigenvalue weighted by Crippen LogP contribution is 2.23. The van der Waals surface area contributed by atoms with Crippen molar-refractivity contribution in [2.24, 2.45) is 5.92 Å². The number of nitrogens with one attached hydrogen (secondary N) is 1. The summed E-state index contributed by atoms with van der Waals surface area (Å²) in [4.78, 5) is 6.83. The van der Waals surface area contributed by atoms with E-state index in [-0.39, 0.29) is 0 Å². The molecular weight excluding hydrogens is 252 g/mol. The topological polar surface area (TPSA) is 42.3 Å². The first-order valence-corrected chi connectivity index (χ1v) is 7.37. The lowest BCUT2D eigenvalue weighted by molar-refractivity contribution is 0.210. The molecule has 0 saturated carbocycles. The van der Waals surface area contributed by atoms with Crippen LogP contribution >= 0.6 is 0 Å². The summed E-state index contributed by atoms with van der Waals surface area (Å²) in [6, 6.07) is 0.441. The number of anilines is 1. The monoisotopic (exact) mass is 282 g/mol. The van der Waals surface area contributed by atoms with Gasteiger partial charge in [-0.15, -0.1) is 0 Å². The maximum atomic E-state index is 5.09. The Bertz CT molecular complexity index is 377. The Morgan fingerprint density at radius 1 is 1.40 bits per heavy atom. The Hall–Kier alpha value is -1.07. The van der Waals surface area contributed by atoms with Crippen molar-refractivity contribution in [1.82, 2.24) is 14.5 Å². The zero-order valence-corrected chi connectivity index (χ0v) is 13.8. The number of aromatic nitrogens is 2. The van der Waals surface area contributed by atoms with Crippen LogP contribution in [0.15, 0.2) is 6.20 Å². The van der Waals surface area contributed by atoms with E-state index in [1.54, 1.807) is 7.11 Å². The molecule has 0 bridgehead atoms. The number of hydrogen-bond donors (Lipinski definition) is 1. The van der Waals surface area contributed by atoms with Crippen molar-refractivity contribution in [2.45, 2.75) is 33.2 Å². The molecule has 0 saturated heterocycles. The molecule has 0 fully saturated rings. The number of nitrogens with zero attached hydrogens (tertiary/aromatic N) is 3. The van der Waals surface area contributed by atoms with Crippen LogP contribution in [0.2, 0.25) is 0 Å². The summed E-state index contributed by atoms with van der Waals surface area (Å²) in [6.07, 6.45) is 3.29. The third-order valence-corrected chi connectivity index (χ3v) is 3.15. The van der Waals surface area contributed by atoms with Gasteiger partial charge < -0.3 is 19.5 Å². The second-order valence-corrected chi connectivity index (χ2v) is 6.08. The quantitative estimate of drug-likeness (QED) is 0.706. The van der Waals surface area contributed by atoms with E-state index in [4.69, 9.17) is 4.74 Å². The molecule has 1 atom stereocenters. The van der Waals surface area contributed by atoms with Crippen molar-refractivity contribution >= 4 is 5.95 Å². The molecule has 1 unspecified atom stereocenters. The van der Waals surface area contributed by atoms with Crippen LogP contribution in [0.4, 0.5) is 5.95 Å². The number of aryl methyl sites for hydroxylation is 1. The number of rotatable bonds is 9. The van der Waals surface area contributed by atoms with E-state index in [2.05, 4.69) is 53.9 Å². The molecular formula is C15H30N4O. The molecule has 0 aliphatic rings. The van der Waals surface area contributed by atoms with Gasteiger partial charge >= 0.3 is 0 Å². The molecule has 0 aromatic carbocycles. The minimum atomic E-state index is 0.441. The van der Waals surface area contributed by atoms with Crippen LogP contribution in [0.5, 0.6) is 0 Å². The van der Waals surface area contributed by atoms with E-state index in [1.165, 1.54) is 0 Å². The van der Waals surface area contributed by atoms with Gasteiger partial charge in [-0.2, -0.15) is 0 Å². The molecule has 20 heavy (non-hydrogen) atoms. The Morgan fingerprint density at radius 2 is 2.10 bits per heavy atom. The van der Waals surface area contributed by atoms with Crippen molar-refractivity contribution in [3.63, 3.8) is 0 Å². The van der Waals surface area contributed by atoms with Gasteiger partial charge in [0.05, 0.1) is 12.3 Å². The Morgan fingerprint density at radius 3 is 2.65 bits per heavy atom. The summed E-state index contributed by atoms with van der Waals surface area (Å²) in [6.45, 7) is 9.07. The van der Waals surface area contributed by atoms with Gasteiger partial charge in [-0.1, -0.05) is 13.8 Å². The van der Waals surface area contributed by atoms with Crippen molar-refractivity contribution in [2.75, 3.05) is 46.2 Å². The van der Waals surface area contributed by atoms with Crippen molar-refractivity contribution < 1.29 is 4.74 Å². The fourth-order valence-corrected chi connectivity index (χ4v) is 2.43. The highest BCUT2D eigenvalue weighted by Gasteiger charge is 2.18. The van der Waals surface area contributed by atoms with Crippen LogP contribution < -0.4 is 5.32 Å². The van der Waals surface area contributed by atoms with Gasteiger partial charge in [0.25, 0.3) is 0 Å². The van der Waals surface area contributed by atoms with Crippen molar-refractivity contribution in [3.8, 4) is 0 Å². The van der Waals surface area contributed by atoms with Crippen molar-refractivity contribution in [3.05, 3.63) is 11.9 Å². The van der Waals surface area contributed by atoms with Crippen LogP contribution in [0, 0.1) is 12.8 Å². The van der Waals surface area contributed by atoms with E-state index in [1.807, 2.05) is 6.92 Å². The number of hydrogen-bond acceptors (Lipinski definition) is 4. The average Bonchev–Trinajstić information content (AvgIpc) is 2.69. The Labute approximate surface area is 123 Å². The van der Waals surface area contributed by atoms with E-state index < -0.39 is 0 Å². The van der Waals surface area contributed by atoms with Gasteiger partial charge in [-0.05, 0) is 33.4 Å². The standard InChI is InChI=1S/C15H30N4O/c1-12(2)9-14(11-18(4)5)19-10-13(3)17-15(19)16-7-8-20-6/h10,12,14H,7-9,11H2,1-6H3,(H,16,17). The molecule has 0 radical (unpaired) electrons. The first-order chi connectivity index (χ1) is 9.43. The highest BCUT2D eigenvalue weighted by atomic mass is 16.5. The number of ether oxygens (including phenoxy) is 1. The second kappa shape index (κ2) is 8.27. The summed E-state index contributed by atoms with van der Waals surface area (Å²) in [5.74, 6) is 1.61. The SMILES string of the molecule is COCCNc1nc(C)cn1C(CC(C)C)CN(C)C. The predicted octanol–water partition coefficient (Wildman–Crippen LogP) is 2.40. The molecule has 0 spiro atoms. The lowest BCUT2D eigenvalue weighted by Crippen LogP contribution is -2.26. The lowest BCUT2D eigenvalue weighted by Gasteiger charge is -2.25. The number of likely N-dealkylation sites (N-methyl/N-ethyl adjacent to an activating group) is 1. The summed E-state index contributed by atoms with van der Waals surface area (Å²) in [7, 11) is 5.96. The largest absolute Gasteiger partial charge is 0.383 e. The summed E-state index contributed by atoms with van der Waals surface area (Å²) >= 11 is 0. The van der Waals surface area contributed by atoms with E-state index >= 15 is 0 Å². The minimum Gasteiger partial charge on any atom is -0.383 e. The Kier molecular flexibility index (Phi) is 7.02. The molecule has 5 heteroatoms. The predicted molar refractivity (Wildman–Crippen MR) is 84.4 cm³/mol. The van der Waals surface area contributed by atoms with Gasteiger partial charge in [-0.25, -0.2) is 4.98 Å². The molecule has 0 amide bonds. The third kappa shape index (κ3) is 5.51. The van der Waals surface area contributed by atoms with Gasteiger partial charge in [0, 0.05) is 32.4 Å². The van der Waals surface area contributed by atoms with Crippen LogP contribution in [0.25, 0.3) is 0 Å². The smallest absolute Gasteiger partial charge is 0.203 e. The molecule has 1 rings (SSSR count). The van der Waals surface area contributed by atoms with Crippen LogP contribution in [0.1, 0.15) is 32.0 Å². The third-order valence-electron chi connectivity index (χ3n) is 3.15. The normalized spacial score (nSPS) is 13.2. The number of imidazole rings is 1. The lowest BCUT2D eigenvalue weighted by atomic mass is 10.0. The minimum absolute atomic E-state index is 0.441. The van der Waals surface area contributed by atoms with Gasteiger partial charge in [0.15, 0.2) is 0 Å². The summed E-state index contributed by atoms with van der Waals surface area (Å²) < 4.78 is 7.37. The van der Waals surface area contributed by atoms with Crippen molar-refractivity contribution in [1.29, 1.82) is 0 Å². The van der Waals surface area contributed by atoms with Crippen LogP contribution in [-0.2, 0) is 4.74 Å². The highest BCUT2D eigenvalue weighted by molar-refractivity contribution is 5.29. The molecule has 1 heterocycles. The zero-order valence-electron chi connectivity index (χ0n) is 13.8. The maximum absolute atomic E-state index is 5.09. The van der Waals surface area contributed by atoms with Gasteiger partial charge in [0.1, 0.15) is 0 Å². The van der Waals surface area contributed by atoms with E-state index in [0.29, 0.717) is 18.6 Å². The zero-order chi connectivity index (χ0) is 15.1. The van der Waals surface area contributed by atoms with Crippen LogP contribution in [-0.4, -0.2) is 55.4 Å². The molecule has 0 aliphatic heterocycles. The average molecular weight is 282 g/mol. The molecule has 116 valence electrons. The van der Waals surface area contributed by atoms with E-state index in [9.17, 15) is 0 Å². The fraction of sp³-hybridized carbons (Fsp3) is 0.800. The van der Waals surface area contributed by atoms with Crippen LogP contribution in [0.3, 0.4) is 0 Å².